The minimum absolute atomic E-state index is 0.382. The molecule has 0 saturated carbocycles. The van der Waals surface area contributed by atoms with E-state index in [1.54, 1.807) is 38.3 Å². The largest absolute Gasteiger partial charge is 0.497 e. The Labute approximate surface area is 198 Å². The van der Waals surface area contributed by atoms with Gasteiger partial charge in [0, 0.05) is 5.56 Å². The third kappa shape index (κ3) is 5.54. The number of nitrogens with zero attached hydrogens (tertiary/aromatic N) is 1. The van der Waals surface area contributed by atoms with Crippen molar-refractivity contribution in [3.8, 4) is 17.2 Å². The maximum atomic E-state index is 12.6. The van der Waals surface area contributed by atoms with Gasteiger partial charge in [-0.1, -0.05) is 36.4 Å². The van der Waals surface area contributed by atoms with Crippen LogP contribution in [0.4, 0.5) is 0 Å². The lowest BCUT2D eigenvalue weighted by molar-refractivity contribution is -0.0898. The van der Waals surface area contributed by atoms with Crippen LogP contribution in [0.1, 0.15) is 40.2 Å². The molecule has 0 aliphatic heterocycles. The maximum Gasteiger partial charge on any atom is 0.277 e. The van der Waals surface area contributed by atoms with Crippen molar-refractivity contribution in [2.45, 2.75) is 13.0 Å². The molecule has 0 fully saturated rings. The lowest BCUT2D eigenvalue weighted by Crippen LogP contribution is -2.30. The molecular weight excluding hydrogens is 430 g/mol. The number of methoxy groups -OCH3 is 1. The summed E-state index contributed by atoms with van der Waals surface area (Å²) in [7, 11) is 1.63. The first kappa shape index (κ1) is 22.9. The SMILES string of the molecule is COc1ccc(Oc2cccc(C=Cc3ccc(C(=O)N(O)C(C)c4ccco4)cc3)c2)cc1. The number of benzene rings is 3. The van der Waals surface area contributed by atoms with Gasteiger partial charge in [0.05, 0.1) is 13.4 Å². The number of carbonyl (C=O) groups is 1. The number of amides is 1. The predicted molar refractivity (Wildman–Crippen MR) is 130 cm³/mol. The van der Waals surface area contributed by atoms with Gasteiger partial charge in [0.2, 0.25) is 0 Å². The van der Waals surface area contributed by atoms with E-state index >= 15 is 0 Å². The normalized spacial score (nSPS) is 11.9. The first-order chi connectivity index (χ1) is 16.5. The smallest absolute Gasteiger partial charge is 0.277 e. The van der Waals surface area contributed by atoms with Gasteiger partial charge in [-0.05, 0) is 78.7 Å². The highest BCUT2D eigenvalue weighted by Crippen LogP contribution is 2.25. The molecule has 0 radical (unpaired) electrons. The van der Waals surface area contributed by atoms with E-state index < -0.39 is 11.9 Å². The standard InChI is InChI=1S/C28H25NO5/c1-20(27-7-4-18-33-27)29(31)28(30)23-12-10-21(11-13-23)8-9-22-5-3-6-26(19-22)34-25-16-14-24(32-2)15-17-25/h3-20,31H,1-2H3. The summed E-state index contributed by atoms with van der Waals surface area (Å²) >= 11 is 0. The molecule has 6 heteroatoms. The Hall–Kier alpha value is -4.29. The molecule has 1 N–H and O–H groups in total. The second-order valence-corrected chi connectivity index (χ2v) is 7.65. The quantitative estimate of drug-likeness (QED) is 0.179. The van der Waals surface area contributed by atoms with Gasteiger partial charge in [-0.25, -0.2) is 5.06 Å². The first-order valence-corrected chi connectivity index (χ1v) is 10.8. The van der Waals surface area contributed by atoms with E-state index in [2.05, 4.69) is 0 Å². The maximum absolute atomic E-state index is 12.6. The number of carbonyl (C=O) groups excluding carboxylic acids is 1. The van der Waals surface area contributed by atoms with E-state index in [4.69, 9.17) is 13.9 Å². The average molecular weight is 456 g/mol. The van der Waals surface area contributed by atoms with Crippen molar-refractivity contribution in [1.29, 1.82) is 0 Å². The number of ether oxygens (including phenoxy) is 2. The number of hydroxylamine groups is 2. The molecule has 0 bridgehead atoms. The summed E-state index contributed by atoms with van der Waals surface area (Å²) in [6, 6.07) is 25.0. The molecule has 1 atom stereocenters. The lowest BCUT2D eigenvalue weighted by Gasteiger charge is -2.20. The Bertz CT molecular complexity index is 1240. The molecule has 172 valence electrons. The number of hydrogen-bond acceptors (Lipinski definition) is 5. The molecule has 4 aromatic rings. The molecule has 0 aliphatic rings. The summed E-state index contributed by atoms with van der Waals surface area (Å²) in [6.45, 7) is 1.69. The fourth-order valence-electron chi connectivity index (χ4n) is 3.35. The van der Waals surface area contributed by atoms with E-state index in [9.17, 15) is 10.0 Å². The van der Waals surface area contributed by atoms with E-state index in [-0.39, 0.29) is 0 Å². The van der Waals surface area contributed by atoms with Crippen LogP contribution in [0, 0.1) is 0 Å². The van der Waals surface area contributed by atoms with Crippen LogP contribution in [0.5, 0.6) is 17.2 Å². The summed E-state index contributed by atoms with van der Waals surface area (Å²) in [5.74, 6) is 2.23. The second kappa shape index (κ2) is 10.6. The number of rotatable bonds is 8. The third-order valence-electron chi connectivity index (χ3n) is 5.31. The summed E-state index contributed by atoms with van der Waals surface area (Å²) < 4.78 is 16.4. The van der Waals surface area contributed by atoms with Crippen molar-refractivity contribution in [3.05, 3.63) is 114 Å². The van der Waals surface area contributed by atoms with Crippen molar-refractivity contribution in [3.63, 3.8) is 0 Å². The Kier molecular flexibility index (Phi) is 7.10. The Balaban J connectivity index is 1.40. The van der Waals surface area contributed by atoms with Gasteiger partial charge >= 0.3 is 0 Å². The van der Waals surface area contributed by atoms with E-state index in [0.717, 1.165) is 28.4 Å². The Morgan fingerprint density at radius 3 is 2.26 bits per heavy atom. The number of hydrogen-bond donors (Lipinski definition) is 1. The van der Waals surface area contributed by atoms with Crippen molar-refractivity contribution in [1.82, 2.24) is 5.06 Å². The summed E-state index contributed by atoms with van der Waals surface area (Å²) in [6.07, 6.45) is 5.42. The van der Waals surface area contributed by atoms with Gasteiger partial charge in [0.1, 0.15) is 29.1 Å². The van der Waals surface area contributed by atoms with Crippen LogP contribution in [0.3, 0.4) is 0 Å². The molecule has 0 saturated heterocycles. The highest BCUT2D eigenvalue weighted by Gasteiger charge is 2.22. The van der Waals surface area contributed by atoms with E-state index in [0.29, 0.717) is 16.4 Å². The molecule has 0 aliphatic carbocycles. The van der Waals surface area contributed by atoms with Crippen LogP contribution in [0.15, 0.2) is 95.6 Å². The topological polar surface area (TPSA) is 72.1 Å². The van der Waals surface area contributed by atoms with Gasteiger partial charge < -0.3 is 13.9 Å². The molecular formula is C28H25NO5. The van der Waals surface area contributed by atoms with Crippen molar-refractivity contribution in [2.75, 3.05) is 7.11 Å². The average Bonchev–Trinajstić information content (AvgIpc) is 3.42. The Morgan fingerprint density at radius 1 is 0.882 bits per heavy atom. The zero-order chi connectivity index (χ0) is 23.9. The van der Waals surface area contributed by atoms with Crippen molar-refractivity contribution >= 4 is 18.1 Å². The lowest BCUT2D eigenvalue weighted by atomic mass is 10.1. The third-order valence-corrected chi connectivity index (χ3v) is 5.31. The van der Waals surface area contributed by atoms with Crippen LogP contribution in [-0.2, 0) is 0 Å². The molecule has 3 aromatic carbocycles. The highest BCUT2D eigenvalue weighted by atomic mass is 16.5. The minimum atomic E-state index is -0.588. The van der Waals surface area contributed by atoms with Gasteiger partial charge in [0.15, 0.2) is 0 Å². The van der Waals surface area contributed by atoms with Crippen LogP contribution >= 0.6 is 0 Å². The van der Waals surface area contributed by atoms with Crippen LogP contribution < -0.4 is 9.47 Å². The van der Waals surface area contributed by atoms with Crippen molar-refractivity contribution in [2.24, 2.45) is 0 Å². The fourth-order valence-corrected chi connectivity index (χ4v) is 3.35. The summed E-state index contributed by atoms with van der Waals surface area (Å²) in [4.78, 5) is 12.6. The number of furan rings is 1. The Morgan fingerprint density at radius 2 is 1.59 bits per heavy atom. The van der Waals surface area contributed by atoms with Crippen molar-refractivity contribution < 1.29 is 23.9 Å². The van der Waals surface area contributed by atoms with Gasteiger partial charge in [0.25, 0.3) is 5.91 Å². The highest BCUT2D eigenvalue weighted by molar-refractivity contribution is 5.94. The zero-order valence-corrected chi connectivity index (χ0v) is 18.9. The zero-order valence-electron chi connectivity index (χ0n) is 18.9. The molecule has 1 amide bonds. The van der Waals surface area contributed by atoms with Gasteiger partial charge in [-0.3, -0.25) is 10.0 Å². The molecule has 0 spiro atoms. The molecule has 1 heterocycles. The van der Waals surface area contributed by atoms with E-state index in [1.807, 2.05) is 72.8 Å². The van der Waals surface area contributed by atoms with Gasteiger partial charge in [-0.2, -0.15) is 0 Å². The predicted octanol–water partition coefficient (Wildman–Crippen LogP) is 6.84. The minimum Gasteiger partial charge on any atom is -0.497 e. The fraction of sp³-hybridized carbons (Fsp3) is 0.107. The van der Waals surface area contributed by atoms with Crippen LogP contribution in [0.2, 0.25) is 0 Å². The molecule has 1 aromatic heterocycles. The molecule has 4 rings (SSSR count). The van der Waals surface area contributed by atoms with Crippen LogP contribution in [-0.4, -0.2) is 23.3 Å². The monoisotopic (exact) mass is 455 g/mol. The van der Waals surface area contributed by atoms with Gasteiger partial charge in [-0.15, -0.1) is 0 Å². The van der Waals surface area contributed by atoms with Crippen LogP contribution in [0.25, 0.3) is 12.2 Å². The van der Waals surface area contributed by atoms with E-state index in [1.165, 1.54) is 6.26 Å². The summed E-state index contributed by atoms with van der Waals surface area (Å²) in [5, 5.41) is 11.0. The molecule has 6 nitrogen and oxygen atoms in total. The summed E-state index contributed by atoms with van der Waals surface area (Å²) in [5.41, 5.74) is 2.27. The first-order valence-electron chi connectivity index (χ1n) is 10.8. The molecule has 1 unspecified atom stereocenters. The second-order valence-electron chi connectivity index (χ2n) is 7.65. The molecule has 34 heavy (non-hydrogen) atoms.